The van der Waals surface area contributed by atoms with Crippen molar-refractivity contribution in [3.8, 4) is 0 Å². The summed E-state index contributed by atoms with van der Waals surface area (Å²) in [7, 11) is -5.31. The van der Waals surface area contributed by atoms with Gasteiger partial charge in [0.1, 0.15) is 0 Å². The number of hydrogen-bond acceptors (Lipinski definition) is 1. The van der Waals surface area contributed by atoms with E-state index in [0.29, 0.717) is 11.5 Å². The molecule has 0 bridgehead atoms. The molecular formula is C5H10F3NSSi. The second-order valence-corrected chi connectivity index (χ2v) is 4.54. The first kappa shape index (κ1) is 10.9. The summed E-state index contributed by atoms with van der Waals surface area (Å²) in [5.41, 5.74) is 0. The van der Waals surface area contributed by atoms with Crippen LogP contribution in [0.5, 0.6) is 0 Å². The van der Waals surface area contributed by atoms with Crippen molar-refractivity contribution in [3.63, 3.8) is 0 Å². The highest BCUT2D eigenvalue weighted by atomic mass is 32.1. The zero-order valence-electron chi connectivity index (χ0n) is 6.16. The Morgan fingerprint density at radius 3 is 2.36 bits per heavy atom. The number of rotatable bonds is 4. The monoisotopic (exact) mass is 201 g/mol. The summed E-state index contributed by atoms with van der Waals surface area (Å²) in [6, 6.07) is -0.609. The third-order valence-electron chi connectivity index (χ3n) is 1.01. The van der Waals surface area contributed by atoms with Gasteiger partial charge in [-0.1, -0.05) is 12.2 Å². The molecule has 0 saturated carbocycles. The van der Waals surface area contributed by atoms with Crippen LogP contribution in [0.3, 0.4) is 0 Å². The van der Waals surface area contributed by atoms with Gasteiger partial charge in [0.2, 0.25) is 0 Å². The van der Waals surface area contributed by atoms with E-state index < -0.39 is 15.1 Å². The van der Waals surface area contributed by atoms with E-state index >= 15 is 0 Å². The molecule has 1 N–H and O–H groups in total. The highest BCUT2D eigenvalue weighted by Crippen LogP contribution is 2.15. The Morgan fingerprint density at radius 1 is 1.45 bits per heavy atom. The van der Waals surface area contributed by atoms with Crippen LogP contribution in [0, 0.1) is 0 Å². The predicted octanol–water partition coefficient (Wildman–Crippen LogP) is 2.16. The minimum absolute atomic E-state index is 0.143. The molecule has 0 heterocycles. The molecule has 0 aliphatic carbocycles. The van der Waals surface area contributed by atoms with E-state index in [1.165, 1.54) is 0 Å². The largest absolute Gasteiger partial charge is 0.616 e. The van der Waals surface area contributed by atoms with Gasteiger partial charge in [0.25, 0.3) is 0 Å². The molecule has 0 spiro atoms. The second-order valence-electron chi connectivity index (χ2n) is 2.20. The van der Waals surface area contributed by atoms with Gasteiger partial charge in [0, 0.05) is 12.6 Å². The van der Waals surface area contributed by atoms with Crippen molar-refractivity contribution in [1.82, 2.24) is 5.32 Å². The molecule has 0 aromatic rings. The molecule has 0 aromatic carbocycles. The summed E-state index contributed by atoms with van der Waals surface area (Å²) >= 11 is 4.62. The lowest BCUT2D eigenvalue weighted by atomic mass is 10.5. The first-order chi connectivity index (χ1) is 4.92. The normalized spacial score (nSPS) is 11.3. The maximum absolute atomic E-state index is 11.7. The summed E-state index contributed by atoms with van der Waals surface area (Å²) in [6.07, 6.45) is 0.143. The van der Waals surface area contributed by atoms with Gasteiger partial charge < -0.3 is 5.32 Å². The van der Waals surface area contributed by atoms with Crippen LogP contribution in [0.1, 0.15) is 13.3 Å². The van der Waals surface area contributed by atoms with Crippen molar-refractivity contribution in [2.75, 3.05) is 6.54 Å². The Balaban J connectivity index is 3.22. The van der Waals surface area contributed by atoms with Crippen LogP contribution < -0.4 is 5.32 Å². The molecule has 0 unspecified atom stereocenters. The van der Waals surface area contributed by atoms with Crippen LogP contribution in [-0.4, -0.2) is 20.6 Å². The molecule has 11 heavy (non-hydrogen) atoms. The maximum Gasteiger partial charge on any atom is 0.616 e. The highest BCUT2D eigenvalue weighted by Gasteiger charge is 2.35. The van der Waals surface area contributed by atoms with Crippen molar-refractivity contribution in [2.45, 2.75) is 19.4 Å². The molecule has 0 saturated heterocycles. The summed E-state index contributed by atoms with van der Waals surface area (Å²) in [5.74, 6) is 0. The van der Waals surface area contributed by atoms with E-state index in [1.807, 2.05) is 0 Å². The Labute approximate surface area is 70.5 Å². The van der Waals surface area contributed by atoms with Crippen LogP contribution >= 0.6 is 12.2 Å². The molecule has 0 aliphatic heterocycles. The molecule has 0 aromatic heterocycles. The molecule has 0 atom stereocenters. The summed E-state index contributed by atoms with van der Waals surface area (Å²) in [4.78, 5) is 0.550. The fraction of sp³-hybridized carbons (Fsp3) is 0.800. The van der Waals surface area contributed by atoms with Gasteiger partial charge in [-0.05, 0) is 13.3 Å². The summed E-state index contributed by atoms with van der Waals surface area (Å²) in [6.45, 7) is 1.99. The zero-order chi connectivity index (χ0) is 8.91. The standard InChI is InChI=1S/C5H10F3NSSi/c1-5(10)9-3-2-4-11(6,7)8/h2-4H2,1H3,(H,9,10). The lowest BCUT2D eigenvalue weighted by molar-refractivity contribution is 0.463. The molecule has 0 radical (unpaired) electrons. The molecule has 6 heteroatoms. The zero-order valence-corrected chi connectivity index (χ0v) is 7.98. The lowest BCUT2D eigenvalue weighted by Crippen LogP contribution is -2.22. The van der Waals surface area contributed by atoms with Gasteiger partial charge >= 0.3 is 9.08 Å². The van der Waals surface area contributed by atoms with E-state index in [2.05, 4.69) is 17.5 Å². The molecule has 0 rings (SSSR count). The average molecular weight is 201 g/mol. The topological polar surface area (TPSA) is 12.0 Å². The van der Waals surface area contributed by atoms with Crippen molar-refractivity contribution in [3.05, 3.63) is 0 Å². The van der Waals surface area contributed by atoms with Gasteiger partial charge in [-0.3, -0.25) is 0 Å². The van der Waals surface area contributed by atoms with Crippen molar-refractivity contribution in [2.24, 2.45) is 0 Å². The van der Waals surface area contributed by atoms with Gasteiger partial charge in [-0.25, -0.2) is 12.3 Å². The Kier molecular flexibility index (Phi) is 4.67. The number of nitrogens with one attached hydrogen (secondary N) is 1. The maximum atomic E-state index is 11.7. The molecular weight excluding hydrogens is 191 g/mol. The molecule has 66 valence electrons. The van der Waals surface area contributed by atoms with Gasteiger partial charge in [0.15, 0.2) is 0 Å². The van der Waals surface area contributed by atoms with Crippen LogP contribution in [0.15, 0.2) is 0 Å². The fourth-order valence-electron chi connectivity index (χ4n) is 0.553. The summed E-state index contributed by atoms with van der Waals surface area (Å²) in [5, 5.41) is 2.67. The first-order valence-electron chi connectivity index (χ1n) is 3.23. The van der Waals surface area contributed by atoms with Crippen LogP contribution in [0.25, 0.3) is 0 Å². The predicted molar refractivity (Wildman–Crippen MR) is 44.8 cm³/mol. The third kappa shape index (κ3) is 9.90. The number of halogens is 3. The van der Waals surface area contributed by atoms with E-state index in [-0.39, 0.29) is 6.42 Å². The average Bonchev–Trinajstić information content (AvgIpc) is 1.78. The van der Waals surface area contributed by atoms with E-state index in [9.17, 15) is 12.3 Å². The van der Waals surface area contributed by atoms with E-state index in [0.717, 1.165) is 0 Å². The quantitative estimate of drug-likeness (QED) is 0.324. The summed E-state index contributed by atoms with van der Waals surface area (Å²) < 4.78 is 35.0. The van der Waals surface area contributed by atoms with Gasteiger partial charge in [-0.2, -0.15) is 0 Å². The van der Waals surface area contributed by atoms with Crippen molar-refractivity contribution in [1.29, 1.82) is 0 Å². The first-order valence-corrected chi connectivity index (χ1v) is 5.48. The molecule has 1 nitrogen and oxygen atoms in total. The minimum Gasteiger partial charge on any atom is -0.380 e. The highest BCUT2D eigenvalue weighted by molar-refractivity contribution is 7.80. The SMILES string of the molecule is CC(=S)NCCC[Si](F)(F)F. The Hall–Kier alpha value is -0.103. The van der Waals surface area contributed by atoms with Crippen molar-refractivity contribution < 1.29 is 12.3 Å². The van der Waals surface area contributed by atoms with Gasteiger partial charge in [-0.15, -0.1) is 0 Å². The fourth-order valence-corrected chi connectivity index (χ4v) is 1.23. The van der Waals surface area contributed by atoms with E-state index in [1.54, 1.807) is 6.92 Å². The number of hydrogen-bond donors (Lipinski definition) is 1. The van der Waals surface area contributed by atoms with Gasteiger partial charge in [0.05, 0.1) is 4.99 Å². The Morgan fingerprint density at radius 2 is 2.00 bits per heavy atom. The molecule has 0 fully saturated rings. The third-order valence-corrected chi connectivity index (χ3v) is 2.08. The van der Waals surface area contributed by atoms with Crippen molar-refractivity contribution >= 4 is 26.3 Å². The smallest absolute Gasteiger partial charge is 0.380 e. The van der Waals surface area contributed by atoms with Crippen LogP contribution in [0.4, 0.5) is 12.3 Å². The van der Waals surface area contributed by atoms with E-state index in [4.69, 9.17) is 0 Å². The van der Waals surface area contributed by atoms with Crippen LogP contribution in [0.2, 0.25) is 6.04 Å². The Bertz CT molecular complexity index is 136. The minimum atomic E-state index is -5.31. The molecule has 0 amide bonds. The number of thiocarbonyl (C=S) groups is 1. The second kappa shape index (κ2) is 4.71. The lowest BCUT2D eigenvalue weighted by Gasteiger charge is -2.03. The molecule has 0 aliphatic rings. The van der Waals surface area contributed by atoms with Crippen LogP contribution in [-0.2, 0) is 0 Å².